The van der Waals surface area contributed by atoms with Gasteiger partial charge in [-0.05, 0) is 24.1 Å². The highest BCUT2D eigenvalue weighted by molar-refractivity contribution is 8.13. The molecule has 1 aliphatic rings. The number of nitrogens with zero attached hydrogens (tertiary/aromatic N) is 2. The summed E-state index contributed by atoms with van der Waals surface area (Å²) in [6.07, 6.45) is 0.358. The molecule has 0 bridgehead atoms. The van der Waals surface area contributed by atoms with E-state index >= 15 is 0 Å². The molecule has 1 aliphatic heterocycles. The lowest BCUT2D eigenvalue weighted by Gasteiger charge is -2.18. The van der Waals surface area contributed by atoms with Gasteiger partial charge in [0.25, 0.3) is 0 Å². The highest BCUT2D eigenvalue weighted by Crippen LogP contribution is 2.34. The van der Waals surface area contributed by atoms with E-state index in [1.165, 1.54) is 41.8 Å². The van der Waals surface area contributed by atoms with Gasteiger partial charge in [0.05, 0.1) is 17.3 Å². The number of carbonyl (C=O) groups excluding carboxylic acids is 2. The Labute approximate surface area is 121 Å². The molecule has 1 unspecified atom stereocenters. The van der Waals surface area contributed by atoms with Crippen LogP contribution >= 0.6 is 11.8 Å². The first kappa shape index (κ1) is 14.4. The normalized spacial score (nSPS) is 18.1. The van der Waals surface area contributed by atoms with Crippen molar-refractivity contribution < 1.29 is 14.7 Å². The predicted molar refractivity (Wildman–Crippen MR) is 76.4 cm³/mol. The lowest BCUT2D eigenvalue weighted by atomic mass is 10.1. The largest absolute Gasteiger partial charge is 0.506 e. The maximum atomic E-state index is 12.0. The van der Waals surface area contributed by atoms with Gasteiger partial charge in [-0.15, -0.1) is 0 Å². The van der Waals surface area contributed by atoms with Crippen LogP contribution < -0.4 is 4.90 Å². The number of hydrogen-bond acceptors (Lipinski definition) is 5. The van der Waals surface area contributed by atoms with Crippen molar-refractivity contribution in [3.63, 3.8) is 0 Å². The smallest absolute Gasteiger partial charge is 0.227 e. The standard InChI is InChI=1S/C14H14N2O3S/c1-9(17)20-8-11-5-14(19)16(7-11)12-4-10(6-15)2-3-13(12)18/h2-4,11,18H,5,7-8H2,1H3. The van der Waals surface area contributed by atoms with Crippen molar-refractivity contribution in [3.8, 4) is 11.8 Å². The molecule has 0 saturated carbocycles. The number of anilines is 1. The van der Waals surface area contributed by atoms with E-state index in [2.05, 4.69) is 0 Å². The van der Waals surface area contributed by atoms with Crippen molar-refractivity contribution in [2.24, 2.45) is 5.92 Å². The van der Waals surface area contributed by atoms with Crippen molar-refractivity contribution >= 4 is 28.5 Å². The molecule has 1 aromatic carbocycles. The minimum Gasteiger partial charge on any atom is -0.506 e. The quantitative estimate of drug-likeness (QED) is 0.919. The van der Waals surface area contributed by atoms with E-state index in [4.69, 9.17) is 5.26 Å². The molecule has 0 aromatic heterocycles. The molecule has 0 aliphatic carbocycles. The van der Waals surface area contributed by atoms with Gasteiger partial charge in [0.1, 0.15) is 5.75 Å². The Kier molecular flexibility index (Phi) is 4.30. The van der Waals surface area contributed by atoms with Crippen molar-refractivity contribution in [3.05, 3.63) is 23.8 Å². The Hall–Kier alpha value is -2.00. The second-order valence-corrected chi connectivity index (χ2v) is 5.89. The Bertz CT molecular complexity index is 595. The first-order valence-electron chi connectivity index (χ1n) is 6.18. The molecule has 2 rings (SSSR count). The van der Waals surface area contributed by atoms with Crippen molar-refractivity contribution in [2.75, 3.05) is 17.2 Å². The van der Waals surface area contributed by atoms with Crippen LogP contribution in [0.4, 0.5) is 5.69 Å². The number of phenols is 1. The number of carbonyl (C=O) groups is 2. The Balaban J connectivity index is 2.16. The van der Waals surface area contributed by atoms with Gasteiger partial charge in [-0.25, -0.2) is 0 Å². The Morgan fingerprint density at radius 2 is 2.35 bits per heavy atom. The highest BCUT2D eigenvalue weighted by atomic mass is 32.2. The summed E-state index contributed by atoms with van der Waals surface area (Å²) in [4.78, 5) is 24.5. The Morgan fingerprint density at radius 3 is 3.00 bits per heavy atom. The van der Waals surface area contributed by atoms with Crippen LogP contribution in [0.25, 0.3) is 0 Å². The third-order valence-electron chi connectivity index (χ3n) is 3.12. The zero-order valence-corrected chi connectivity index (χ0v) is 11.8. The van der Waals surface area contributed by atoms with Crippen molar-refractivity contribution in [2.45, 2.75) is 13.3 Å². The van der Waals surface area contributed by atoms with E-state index in [-0.39, 0.29) is 22.7 Å². The molecule has 0 radical (unpaired) electrons. The SMILES string of the molecule is CC(=O)SCC1CC(=O)N(c2cc(C#N)ccc2O)C1. The highest BCUT2D eigenvalue weighted by Gasteiger charge is 2.32. The lowest BCUT2D eigenvalue weighted by molar-refractivity contribution is -0.117. The van der Waals surface area contributed by atoms with Crippen LogP contribution in [0.3, 0.4) is 0 Å². The maximum Gasteiger partial charge on any atom is 0.227 e. The zero-order chi connectivity index (χ0) is 14.7. The summed E-state index contributed by atoms with van der Waals surface area (Å²) in [5.41, 5.74) is 0.761. The second-order valence-electron chi connectivity index (χ2n) is 4.69. The van der Waals surface area contributed by atoms with Crippen molar-refractivity contribution in [1.29, 1.82) is 5.26 Å². The minimum atomic E-state index is -0.0930. The average molecular weight is 290 g/mol. The van der Waals surface area contributed by atoms with Crippen LogP contribution in [0.15, 0.2) is 18.2 Å². The number of benzene rings is 1. The molecule has 6 heteroatoms. The van der Waals surface area contributed by atoms with Gasteiger partial charge in [0, 0.05) is 25.6 Å². The molecule has 1 N–H and O–H groups in total. The molecule has 104 valence electrons. The van der Waals surface area contributed by atoms with E-state index in [9.17, 15) is 14.7 Å². The molecule has 1 amide bonds. The average Bonchev–Trinajstić information content (AvgIpc) is 2.78. The summed E-state index contributed by atoms with van der Waals surface area (Å²) >= 11 is 1.21. The third-order valence-corrected chi connectivity index (χ3v) is 4.17. The molecule has 1 fully saturated rings. The number of aromatic hydroxyl groups is 1. The monoisotopic (exact) mass is 290 g/mol. The van der Waals surface area contributed by atoms with Crippen LogP contribution in [-0.2, 0) is 9.59 Å². The fourth-order valence-corrected chi connectivity index (χ4v) is 2.86. The van der Waals surface area contributed by atoms with Gasteiger partial charge in [0.15, 0.2) is 5.12 Å². The van der Waals surface area contributed by atoms with Crippen LogP contribution in [0.5, 0.6) is 5.75 Å². The number of hydrogen-bond donors (Lipinski definition) is 1. The minimum absolute atomic E-state index is 0.0165. The van der Waals surface area contributed by atoms with Crippen LogP contribution in [0, 0.1) is 17.2 Å². The van der Waals surface area contributed by atoms with Gasteiger partial charge in [-0.3, -0.25) is 9.59 Å². The molecule has 5 nitrogen and oxygen atoms in total. The number of rotatable bonds is 3. The lowest BCUT2D eigenvalue weighted by Crippen LogP contribution is -2.25. The molecular formula is C14H14N2O3S. The van der Waals surface area contributed by atoms with Crippen molar-refractivity contribution in [1.82, 2.24) is 0 Å². The van der Waals surface area contributed by atoms with E-state index < -0.39 is 0 Å². The van der Waals surface area contributed by atoms with E-state index in [0.29, 0.717) is 30.0 Å². The van der Waals surface area contributed by atoms with Crippen LogP contribution in [0.1, 0.15) is 18.9 Å². The molecule has 1 atom stereocenters. The van der Waals surface area contributed by atoms with Gasteiger partial charge in [0.2, 0.25) is 5.91 Å². The number of phenolic OH excluding ortho intramolecular Hbond substituents is 1. The molecule has 1 saturated heterocycles. The number of thioether (sulfide) groups is 1. The summed E-state index contributed by atoms with van der Waals surface area (Å²) in [5.74, 6) is 0.569. The summed E-state index contributed by atoms with van der Waals surface area (Å²) in [6.45, 7) is 1.96. The Morgan fingerprint density at radius 1 is 1.60 bits per heavy atom. The van der Waals surface area contributed by atoms with Gasteiger partial charge in [-0.1, -0.05) is 11.8 Å². The number of nitriles is 1. The molecule has 1 heterocycles. The van der Waals surface area contributed by atoms with Gasteiger partial charge in [-0.2, -0.15) is 5.26 Å². The molecule has 0 spiro atoms. The zero-order valence-electron chi connectivity index (χ0n) is 11.0. The fraction of sp³-hybridized carbons (Fsp3) is 0.357. The summed E-state index contributed by atoms with van der Waals surface area (Å²) in [7, 11) is 0. The van der Waals surface area contributed by atoms with E-state index in [1.54, 1.807) is 0 Å². The number of amides is 1. The predicted octanol–water partition coefficient (Wildman–Crippen LogP) is 1.90. The first-order chi connectivity index (χ1) is 9.51. The molecule has 20 heavy (non-hydrogen) atoms. The maximum absolute atomic E-state index is 12.0. The van der Waals surface area contributed by atoms with Crippen LogP contribution in [0.2, 0.25) is 0 Å². The third kappa shape index (κ3) is 3.11. The second kappa shape index (κ2) is 5.97. The molecule has 1 aromatic rings. The topological polar surface area (TPSA) is 81.4 Å². The fourth-order valence-electron chi connectivity index (χ4n) is 2.17. The van der Waals surface area contributed by atoms with Crippen LogP contribution in [-0.4, -0.2) is 28.4 Å². The van der Waals surface area contributed by atoms with Gasteiger partial charge >= 0.3 is 0 Å². The summed E-state index contributed by atoms with van der Waals surface area (Å²) in [5, 5.41) is 18.8. The van der Waals surface area contributed by atoms with E-state index in [0.717, 1.165) is 0 Å². The first-order valence-corrected chi connectivity index (χ1v) is 7.16. The van der Waals surface area contributed by atoms with Gasteiger partial charge < -0.3 is 10.0 Å². The molecular weight excluding hydrogens is 276 g/mol. The van der Waals surface area contributed by atoms with E-state index in [1.807, 2.05) is 6.07 Å². The summed E-state index contributed by atoms with van der Waals surface area (Å²) in [6, 6.07) is 6.41. The summed E-state index contributed by atoms with van der Waals surface area (Å²) < 4.78 is 0.